The van der Waals surface area contributed by atoms with E-state index in [0.717, 1.165) is 32.8 Å². The van der Waals surface area contributed by atoms with Crippen LogP contribution in [0.4, 0.5) is 0 Å². The maximum Gasteiger partial charge on any atom is 0.311 e. The van der Waals surface area contributed by atoms with Gasteiger partial charge in [0.2, 0.25) is 0 Å². The van der Waals surface area contributed by atoms with Gasteiger partial charge in [0, 0.05) is 23.1 Å². The average molecular weight is 817 g/mol. The quantitative estimate of drug-likeness (QED) is 0.101. The maximum atomic E-state index is 13.3. The maximum absolute atomic E-state index is 13.3. The molecule has 0 radical (unpaired) electrons. The SMILES string of the molecule is CC(C)(C)C(=O)OCCC(C#Cc1ccc2ccc3cccc4ccc1c2c34)(C#Cc1ccc2ccc3cccc4ccc1c2c34)C#Cc1ccc2ccc3cccc4ccc1c2c34. The zero-order chi connectivity index (χ0) is 43.2. The fraction of sp³-hybridized carbons (Fsp3) is 0.113. The van der Waals surface area contributed by atoms with Crippen molar-refractivity contribution >= 4 is 103 Å². The smallest absolute Gasteiger partial charge is 0.311 e. The summed E-state index contributed by atoms with van der Waals surface area (Å²) in [6, 6.07) is 58.5. The second kappa shape index (κ2) is 14.2. The molecule has 0 saturated carbocycles. The van der Waals surface area contributed by atoms with Crippen molar-refractivity contribution in [2.45, 2.75) is 27.2 Å². The Bertz CT molecular complexity index is 3620. The first-order chi connectivity index (χ1) is 31.2. The van der Waals surface area contributed by atoms with Crippen molar-refractivity contribution in [2.75, 3.05) is 6.61 Å². The summed E-state index contributed by atoms with van der Waals surface area (Å²) in [4.78, 5) is 13.3. The molecule has 0 aliphatic rings. The Morgan fingerprint density at radius 2 is 0.672 bits per heavy atom. The first-order valence-corrected chi connectivity index (χ1v) is 22.0. The summed E-state index contributed by atoms with van der Waals surface area (Å²) >= 11 is 0. The van der Waals surface area contributed by atoms with Gasteiger partial charge in [-0.25, -0.2) is 0 Å². The van der Waals surface area contributed by atoms with E-state index >= 15 is 0 Å². The Morgan fingerprint density at radius 3 is 0.984 bits per heavy atom. The minimum atomic E-state index is -1.21. The number of hydrogen-bond donors (Lipinski definition) is 0. The molecule has 300 valence electrons. The number of ether oxygens (including phenoxy) is 1. The number of rotatable bonds is 3. The normalized spacial score (nSPS) is 12.1. The van der Waals surface area contributed by atoms with E-state index in [9.17, 15) is 4.79 Å². The number of carbonyl (C=O) groups is 1. The Labute approximate surface area is 371 Å². The number of carbonyl (C=O) groups excluding carboxylic acids is 1. The van der Waals surface area contributed by atoms with E-state index in [1.807, 2.05) is 20.8 Å². The molecule has 0 N–H and O–H groups in total. The standard InChI is InChI=1S/C62H40O2/c1-61(2,3)60(63)64-38-37-62(34-31-39-13-16-48-22-19-42-7-4-10-45-25-28-51(39)57(48)54(42)45,35-32-40-14-17-49-23-20-43-8-5-11-46-26-29-52(40)58(49)55(43)46)36-33-41-15-18-50-24-21-44-9-6-12-47-27-30-53(41)59(50)56(44)47/h4-30H,37-38H2,1-3H3. The Balaban J connectivity index is 1.10. The van der Waals surface area contributed by atoms with Crippen molar-refractivity contribution in [1.29, 1.82) is 0 Å². The molecule has 0 atom stereocenters. The molecule has 0 unspecified atom stereocenters. The van der Waals surface area contributed by atoms with Gasteiger partial charge in [-0.05, 0) is 136 Å². The number of benzene rings is 12. The Morgan fingerprint density at radius 1 is 0.391 bits per heavy atom. The number of esters is 1. The summed E-state index contributed by atoms with van der Waals surface area (Å²) in [7, 11) is 0. The first-order valence-electron chi connectivity index (χ1n) is 22.0. The van der Waals surface area contributed by atoms with E-state index in [0.29, 0.717) is 0 Å². The first kappa shape index (κ1) is 37.7. The van der Waals surface area contributed by atoms with Crippen LogP contribution in [0.15, 0.2) is 164 Å². The molecule has 12 rings (SSSR count). The van der Waals surface area contributed by atoms with Crippen molar-refractivity contribution in [2.24, 2.45) is 10.8 Å². The molecule has 2 nitrogen and oxygen atoms in total. The van der Waals surface area contributed by atoms with Crippen LogP contribution in [0.2, 0.25) is 0 Å². The van der Waals surface area contributed by atoms with E-state index in [-0.39, 0.29) is 19.0 Å². The molecular weight excluding hydrogens is 777 g/mol. The second-order valence-electron chi connectivity index (χ2n) is 18.2. The molecule has 0 saturated heterocycles. The molecular formula is C62H40O2. The van der Waals surface area contributed by atoms with Crippen LogP contribution in [-0.4, -0.2) is 12.6 Å². The van der Waals surface area contributed by atoms with E-state index < -0.39 is 10.8 Å². The van der Waals surface area contributed by atoms with Gasteiger partial charge < -0.3 is 4.74 Å². The van der Waals surface area contributed by atoms with Crippen molar-refractivity contribution in [3.8, 4) is 35.5 Å². The average Bonchev–Trinajstić information content (AvgIpc) is 3.32. The third-order valence-electron chi connectivity index (χ3n) is 13.1. The third kappa shape index (κ3) is 6.05. The predicted octanol–water partition coefficient (Wildman–Crippen LogP) is 14.8. The van der Waals surface area contributed by atoms with Gasteiger partial charge in [-0.15, -0.1) is 0 Å². The monoisotopic (exact) mass is 816 g/mol. The molecule has 0 bridgehead atoms. The van der Waals surface area contributed by atoms with Crippen LogP contribution in [0.5, 0.6) is 0 Å². The summed E-state index contributed by atoms with van der Waals surface area (Å²) in [5.74, 6) is 21.7. The van der Waals surface area contributed by atoms with Gasteiger partial charge in [-0.2, -0.15) is 0 Å². The van der Waals surface area contributed by atoms with Crippen LogP contribution in [0, 0.1) is 46.4 Å². The van der Waals surface area contributed by atoms with Gasteiger partial charge in [0.05, 0.1) is 12.0 Å². The zero-order valence-corrected chi connectivity index (χ0v) is 35.8. The molecule has 0 aliphatic heterocycles. The summed E-state index contributed by atoms with van der Waals surface area (Å²) in [5, 5.41) is 21.3. The summed E-state index contributed by atoms with van der Waals surface area (Å²) < 4.78 is 6.02. The van der Waals surface area contributed by atoms with Gasteiger partial charge in [0.1, 0.15) is 0 Å². The molecule has 0 heterocycles. The van der Waals surface area contributed by atoms with Crippen LogP contribution < -0.4 is 0 Å². The van der Waals surface area contributed by atoms with Crippen LogP contribution in [-0.2, 0) is 9.53 Å². The lowest BCUT2D eigenvalue weighted by Crippen LogP contribution is -2.25. The minimum absolute atomic E-state index is 0.101. The summed E-state index contributed by atoms with van der Waals surface area (Å²) in [5.41, 5.74) is 0.815. The minimum Gasteiger partial charge on any atom is -0.465 e. The van der Waals surface area contributed by atoms with Crippen molar-refractivity contribution < 1.29 is 9.53 Å². The molecule has 0 aliphatic carbocycles. The summed E-state index contributed by atoms with van der Waals surface area (Å²) in [6.07, 6.45) is 0.283. The van der Waals surface area contributed by atoms with Gasteiger partial charge in [0.15, 0.2) is 5.41 Å². The lowest BCUT2D eigenvalue weighted by atomic mass is 9.84. The Kier molecular flexibility index (Phi) is 8.37. The third-order valence-corrected chi connectivity index (χ3v) is 13.1. The van der Waals surface area contributed by atoms with Crippen molar-refractivity contribution in [3.63, 3.8) is 0 Å². The largest absolute Gasteiger partial charge is 0.465 e. The van der Waals surface area contributed by atoms with Gasteiger partial charge in [-0.1, -0.05) is 181 Å². The lowest BCUT2D eigenvalue weighted by Gasteiger charge is -2.20. The van der Waals surface area contributed by atoms with E-state index in [1.165, 1.54) is 80.8 Å². The van der Waals surface area contributed by atoms with Crippen molar-refractivity contribution in [1.82, 2.24) is 0 Å². The fourth-order valence-electron chi connectivity index (χ4n) is 9.85. The molecule has 0 spiro atoms. The van der Waals surface area contributed by atoms with Crippen LogP contribution in [0.1, 0.15) is 43.9 Å². The number of hydrogen-bond acceptors (Lipinski definition) is 2. The molecule has 2 heteroatoms. The van der Waals surface area contributed by atoms with Crippen LogP contribution >= 0.6 is 0 Å². The fourth-order valence-corrected chi connectivity index (χ4v) is 9.85. The highest BCUT2D eigenvalue weighted by atomic mass is 16.5. The second-order valence-corrected chi connectivity index (χ2v) is 18.2. The topological polar surface area (TPSA) is 26.3 Å². The van der Waals surface area contributed by atoms with Crippen LogP contribution in [0.3, 0.4) is 0 Å². The van der Waals surface area contributed by atoms with Gasteiger partial charge in [-0.3, -0.25) is 4.79 Å². The Hall–Kier alpha value is -8.09. The highest BCUT2D eigenvalue weighted by Gasteiger charge is 2.28. The van der Waals surface area contributed by atoms with E-state index in [4.69, 9.17) is 4.74 Å². The lowest BCUT2D eigenvalue weighted by molar-refractivity contribution is -0.153. The molecule has 0 amide bonds. The highest BCUT2D eigenvalue weighted by Crippen LogP contribution is 2.39. The molecule has 0 fully saturated rings. The summed E-state index contributed by atoms with van der Waals surface area (Å²) in [6.45, 7) is 5.72. The van der Waals surface area contributed by atoms with E-state index in [2.05, 4.69) is 199 Å². The van der Waals surface area contributed by atoms with E-state index in [1.54, 1.807) is 0 Å². The highest BCUT2D eigenvalue weighted by molar-refractivity contribution is 6.26. The van der Waals surface area contributed by atoms with Gasteiger partial charge >= 0.3 is 5.97 Å². The molecule has 12 aromatic rings. The molecule has 0 aromatic heterocycles. The van der Waals surface area contributed by atoms with Gasteiger partial charge in [0.25, 0.3) is 0 Å². The zero-order valence-electron chi connectivity index (χ0n) is 35.8. The predicted molar refractivity (Wildman–Crippen MR) is 269 cm³/mol. The van der Waals surface area contributed by atoms with Crippen LogP contribution in [0.25, 0.3) is 97.0 Å². The van der Waals surface area contributed by atoms with Crippen molar-refractivity contribution in [3.05, 3.63) is 180 Å². The molecule has 12 aromatic carbocycles. The molecule has 64 heavy (non-hydrogen) atoms.